The van der Waals surface area contributed by atoms with Gasteiger partial charge >= 0.3 is 42.4 Å². The summed E-state index contributed by atoms with van der Waals surface area (Å²) in [5.74, 6) is -7.27. The zero-order chi connectivity index (χ0) is 83.6. The number of urea groups is 6. The quantitative estimate of drug-likeness (QED) is 0.0401. The molecule has 43 heteroatoms. The van der Waals surface area contributed by atoms with Crippen molar-refractivity contribution in [3.05, 3.63) is 49.3 Å². The predicted molar refractivity (Wildman–Crippen MR) is 382 cm³/mol. The number of imide groups is 12. The molecule has 0 aliphatic carbocycles. The number of aromatic nitrogens is 3. The third-order valence-electron chi connectivity index (χ3n) is 16.5. The lowest BCUT2D eigenvalue weighted by atomic mass is 10.1. The van der Waals surface area contributed by atoms with Gasteiger partial charge in [-0.2, -0.15) is 13.2 Å². The first-order chi connectivity index (χ1) is 51.4. The number of halogens is 3. The second-order valence-electron chi connectivity index (χ2n) is 24.4. The number of alkyl halides is 3. The van der Waals surface area contributed by atoms with Gasteiger partial charge in [0, 0.05) is 68.7 Å². The first-order valence-corrected chi connectivity index (χ1v) is 36.0. The second-order valence-corrected chi connectivity index (χ2v) is 28.0. The topological polar surface area (TPSA) is 467 Å². The van der Waals surface area contributed by atoms with E-state index in [0.29, 0.717) is 38.9 Å². The third kappa shape index (κ3) is 25.1. The van der Waals surface area contributed by atoms with Crippen molar-refractivity contribution in [3.63, 3.8) is 0 Å². The van der Waals surface area contributed by atoms with Crippen molar-refractivity contribution in [1.29, 1.82) is 0 Å². The molecule has 2 aromatic rings. The van der Waals surface area contributed by atoms with Gasteiger partial charge in [-0.05, 0) is 53.1 Å². The van der Waals surface area contributed by atoms with E-state index in [1.165, 1.54) is 101 Å². The molecule has 0 saturated carbocycles. The van der Waals surface area contributed by atoms with Gasteiger partial charge in [0.15, 0.2) is 28.2 Å². The molecule has 602 valence electrons. The zero-order valence-corrected chi connectivity index (χ0v) is 63.7. The van der Waals surface area contributed by atoms with Gasteiger partial charge in [-0.3, -0.25) is 121 Å². The monoisotopic (exact) mass is 1590 g/mol. The standard InChI is InChI=1S/C19H34N2O4.C15H15N5O3S.C12H12N2O3S.C8H12N2O7.C7H7F3N2O3.C6H8N2O3/c1-3-4-5-6-7-8-9-10-11-12-14-25-15-13-21-18(23)16-17(22)20(2)19(21)24;1-9-16-17-14(20(9)10-7-5-4-6-8-10)24-11-12(21)18(2)15(23)19(3)13(11)22;1-6-18(7-2,8-3)9-10(15)13(4)12(17)14(5)11(9)16;11-4-1-5(12)10(3-7(15)16)8(17)9(4)2-6(13)14;1-11-4(13)2-5(14)12(6(11)15)3-7(8,9)10;1-7-4(9)3-5(10)8(2)6(7)11/h3-16H2,1-2H3;4-8,11H,1-3H3;1,9H,2-3H2,4-5H3;6-7,13-16H,1-3H2;2-3H2,1H3;3H2,1-2H3. The van der Waals surface area contributed by atoms with Gasteiger partial charge in [0.25, 0.3) is 23.6 Å². The summed E-state index contributed by atoms with van der Waals surface area (Å²) in [4.78, 5) is 216. The Hall–Kier alpha value is -10.8. The molecule has 0 spiro atoms. The summed E-state index contributed by atoms with van der Waals surface area (Å²) < 4.78 is 43.2. The number of para-hydroxylation sites is 1. The van der Waals surface area contributed by atoms with Crippen molar-refractivity contribution >= 4 is 138 Å². The van der Waals surface area contributed by atoms with Gasteiger partial charge in [0.2, 0.25) is 47.3 Å². The summed E-state index contributed by atoms with van der Waals surface area (Å²) in [6.45, 7) is 9.07. The van der Waals surface area contributed by atoms with Crippen molar-refractivity contribution in [2.24, 2.45) is 0 Å². The van der Waals surface area contributed by atoms with E-state index >= 15 is 0 Å². The van der Waals surface area contributed by atoms with Gasteiger partial charge in [0.1, 0.15) is 38.1 Å². The van der Waals surface area contributed by atoms with E-state index in [-0.39, 0.29) is 24.3 Å². The first-order valence-electron chi connectivity index (χ1n) is 33.4. The number of aliphatic hydroxyl groups is 4. The van der Waals surface area contributed by atoms with E-state index in [2.05, 4.69) is 45.6 Å². The van der Waals surface area contributed by atoms with Crippen LogP contribution in [-0.2, 0) is 62.3 Å². The molecule has 7 heterocycles. The number of carbonyl (C=O) groups excluding carboxylic acids is 18. The van der Waals surface area contributed by atoms with Gasteiger partial charge in [-0.15, -0.1) is 16.6 Å². The van der Waals surface area contributed by atoms with Gasteiger partial charge in [-0.25, -0.2) is 28.8 Å². The summed E-state index contributed by atoms with van der Waals surface area (Å²) in [5, 5.41) is 48.3. The Morgan fingerprint density at radius 1 is 0.500 bits per heavy atom. The van der Waals surface area contributed by atoms with Crippen LogP contribution in [0.1, 0.15) is 103 Å². The Morgan fingerprint density at radius 2 is 0.864 bits per heavy atom. The van der Waals surface area contributed by atoms with E-state index in [9.17, 15) is 99.5 Å². The lowest BCUT2D eigenvalue weighted by molar-refractivity contribution is -0.161. The van der Waals surface area contributed by atoms with Crippen LogP contribution in [0.2, 0.25) is 0 Å². The number of thioether (sulfide) groups is 1. The number of terminal acetylenes is 1. The Kier molecular flexibility index (Phi) is 36.3. The fraction of sp³-hybridized carbons (Fsp3) is 0.522. The summed E-state index contributed by atoms with van der Waals surface area (Å²) in [5.41, 5.74) is 0.830. The number of amides is 24. The maximum Gasteiger partial charge on any atom is 0.406 e. The van der Waals surface area contributed by atoms with Crippen LogP contribution in [-0.4, -0.2) is 336 Å². The van der Waals surface area contributed by atoms with Crippen molar-refractivity contribution in [1.82, 2.24) is 73.6 Å². The van der Waals surface area contributed by atoms with Gasteiger partial charge < -0.3 is 25.2 Å². The van der Waals surface area contributed by atoms with E-state index in [1.54, 1.807) is 11.5 Å². The number of aliphatic hydroxyl groups excluding tert-OH is 2. The molecule has 110 heavy (non-hydrogen) atoms. The average Bonchev–Trinajstić information content (AvgIpc) is 0.850. The number of barbiturate groups is 6. The number of unbranched alkanes of at least 4 members (excludes halogenated alkanes) is 9. The Morgan fingerprint density at radius 3 is 1.27 bits per heavy atom. The van der Waals surface area contributed by atoms with E-state index < -0.39 is 178 Å². The smallest absolute Gasteiger partial charge is 0.380 e. The van der Waals surface area contributed by atoms with Crippen LogP contribution in [0, 0.1) is 18.6 Å². The fourth-order valence-corrected chi connectivity index (χ4v) is 12.9. The lowest BCUT2D eigenvalue weighted by Crippen LogP contribution is -2.59. The number of carbonyl (C=O) groups is 18. The van der Waals surface area contributed by atoms with Gasteiger partial charge in [0.05, 0.1) is 26.2 Å². The number of hydrogen-bond acceptors (Lipinski definition) is 26. The fourth-order valence-electron chi connectivity index (χ4n) is 10.1. The number of aryl methyl sites for hydroxylation is 1. The second kappa shape index (κ2) is 42.8. The Bertz CT molecular complexity index is 3970. The Balaban J connectivity index is 0.000000348. The summed E-state index contributed by atoms with van der Waals surface area (Å²) in [6.07, 6.45) is 7.87. The molecule has 1 aromatic carbocycles. The van der Waals surface area contributed by atoms with Crippen LogP contribution in [0.25, 0.3) is 5.69 Å². The van der Waals surface area contributed by atoms with Crippen LogP contribution in [0.3, 0.4) is 0 Å². The molecule has 1 aromatic heterocycles. The summed E-state index contributed by atoms with van der Waals surface area (Å²) in [7, 11) is 7.89. The summed E-state index contributed by atoms with van der Waals surface area (Å²) in [6, 6.07) is 4.61. The van der Waals surface area contributed by atoms with Crippen LogP contribution in [0.4, 0.5) is 41.9 Å². The molecule has 4 N–H and O–H groups in total. The molecule has 24 amide bonds. The molecular weight excluding hydrogens is 1500 g/mol. The average molecular weight is 1590 g/mol. The maximum absolute atomic E-state index is 12.3. The van der Waals surface area contributed by atoms with Crippen LogP contribution >= 0.6 is 21.0 Å². The minimum Gasteiger partial charge on any atom is -0.380 e. The normalized spacial score (nSPS) is 17.1. The molecule has 0 atom stereocenters. The SMILES string of the molecule is C#CS(=C=C)(=C=C)C1C(=O)N(C)C(=O)N(C)C1=O.CCCCCCCCCCCCOCCN1C(=O)CC(=O)N(C)C1=O.CN1C(=O)CC(=O)N(C)C1=O.CN1C(=O)CC(=O)N(CC(F)(F)F)C1=O.Cc1nnc(SC2C(=O)N(C)C(=O)N(C)C2=O)n1-c1ccccc1.O=C1CC(=O)N(CC(O)O)C(=O)N1CC(O)O. The molecule has 0 unspecified atom stereocenters. The number of β-amino-alcohol motifs (C(OH)–C–C–N with tert-alkyl or cyclic N) is 4. The minimum atomic E-state index is -4.66. The third-order valence-corrected chi connectivity index (χ3v) is 20.0. The first kappa shape index (κ1) is 93.4. The maximum atomic E-state index is 12.3. The molecule has 0 bridgehead atoms. The van der Waals surface area contributed by atoms with Crippen molar-refractivity contribution in [2.75, 3.05) is 95.8 Å². The number of hydrogen-bond donors (Lipinski definition) is 4. The number of benzene rings is 1. The van der Waals surface area contributed by atoms with Crippen molar-refractivity contribution in [3.8, 4) is 17.4 Å². The molecule has 0 radical (unpaired) electrons. The zero-order valence-electron chi connectivity index (χ0n) is 62.0. The molecular formula is C67H88F3N15O23S2. The van der Waals surface area contributed by atoms with Crippen molar-refractivity contribution in [2.45, 2.75) is 138 Å². The molecule has 6 aliphatic rings. The van der Waals surface area contributed by atoms with E-state index in [0.717, 1.165) is 76.5 Å². The highest BCUT2D eigenvalue weighted by Crippen LogP contribution is 2.33. The minimum absolute atomic E-state index is 0.0153. The molecule has 38 nitrogen and oxygen atoms in total. The highest BCUT2D eigenvalue weighted by atomic mass is 32.2. The van der Waals surface area contributed by atoms with Crippen LogP contribution < -0.4 is 0 Å². The molecule has 6 aliphatic heterocycles. The number of rotatable bonds is 23. The van der Waals surface area contributed by atoms with Crippen LogP contribution in [0.5, 0.6) is 0 Å². The lowest BCUT2D eigenvalue weighted by Gasteiger charge is -2.33. The number of nitrogens with zero attached hydrogens (tertiary/aromatic N) is 15. The Labute approximate surface area is 634 Å². The predicted octanol–water partition coefficient (Wildman–Crippen LogP) is 1.37. The highest BCUT2D eigenvalue weighted by molar-refractivity contribution is 8.33. The summed E-state index contributed by atoms with van der Waals surface area (Å²) >= 11 is 0.987. The van der Waals surface area contributed by atoms with Crippen LogP contribution in [0.15, 0.2) is 48.6 Å². The van der Waals surface area contributed by atoms with Gasteiger partial charge in [-0.1, -0.05) is 105 Å². The van der Waals surface area contributed by atoms with Crippen molar-refractivity contribution < 1.29 is 125 Å². The molecule has 6 saturated heterocycles. The van der Waals surface area contributed by atoms with E-state index in [4.69, 9.17) is 31.6 Å². The number of ether oxygens (including phenoxy) is 1. The molecule has 6 fully saturated rings. The molecule has 8 rings (SSSR count). The van der Waals surface area contributed by atoms with E-state index in [1.807, 2.05) is 30.3 Å². The highest BCUT2D eigenvalue weighted by Gasteiger charge is 2.48. The largest absolute Gasteiger partial charge is 0.406 e.